The molecule has 0 aliphatic heterocycles. The number of hydrogen-bond donors (Lipinski definition) is 3. The lowest BCUT2D eigenvalue weighted by Crippen LogP contribution is -2.30. The summed E-state index contributed by atoms with van der Waals surface area (Å²) < 4.78 is 4.88. The summed E-state index contributed by atoms with van der Waals surface area (Å²) in [6.07, 6.45) is 2.73. The largest absolute Gasteiger partial charge is 0.472 e. The summed E-state index contributed by atoms with van der Waals surface area (Å²) in [7, 11) is 0. The number of urea groups is 1. The van der Waals surface area contributed by atoms with Gasteiger partial charge >= 0.3 is 6.03 Å². The van der Waals surface area contributed by atoms with Crippen LogP contribution in [0.5, 0.6) is 0 Å². The predicted molar refractivity (Wildman–Crippen MR) is 76.8 cm³/mol. The van der Waals surface area contributed by atoms with Crippen LogP contribution in [0.15, 0.2) is 47.3 Å². The molecule has 3 N–H and O–H groups in total. The fourth-order valence-corrected chi connectivity index (χ4v) is 1.89. The maximum atomic E-state index is 11.6. The summed E-state index contributed by atoms with van der Waals surface area (Å²) in [5.74, 6) is 0. The van der Waals surface area contributed by atoms with Crippen molar-refractivity contribution in [3.63, 3.8) is 0 Å². The van der Waals surface area contributed by atoms with E-state index in [1.165, 1.54) is 12.5 Å². The van der Waals surface area contributed by atoms with E-state index in [0.29, 0.717) is 29.2 Å². The van der Waals surface area contributed by atoms with Crippen LogP contribution in [0.4, 0.5) is 10.5 Å². The van der Waals surface area contributed by atoms with Gasteiger partial charge in [-0.1, -0.05) is 17.7 Å². The molecule has 1 heterocycles. The predicted octanol–water partition coefficient (Wildman–Crippen LogP) is 3.18. The van der Waals surface area contributed by atoms with Crippen LogP contribution in [0.3, 0.4) is 0 Å². The van der Waals surface area contributed by atoms with E-state index in [4.69, 9.17) is 16.0 Å². The normalized spacial score (nSPS) is 11.9. The highest BCUT2D eigenvalue weighted by Gasteiger charge is 2.09. The van der Waals surface area contributed by atoms with Crippen molar-refractivity contribution in [3.05, 3.63) is 53.4 Å². The van der Waals surface area contributed by atoms with Gasteiger partial charge in [-0.2, -0.15) is 0 Å². The Kier molecular flexibility index (Phi) is 5.03. The Bertz CT molecular complexity index is 557. The van der Waals surface area contributed by atoms with Crippen molar-refractivity contribution in [3.8, 4) is 0 Å². The first-order chi connectivity index (χ1) is 9.65. The van der Waals surface area contributed by atoms with Crippen LogP contribution in [0, 0.1) is 0 Å². The minimum atomic E-state index is -0.653. The smallest absolute Gasteiger partial charge is 0.319 e. The monoisotopic (exact) mass is 294 g/mol. The van der Waals surface area contributed by atoms with Crippen molar-refractivity contribution in [2.45, 2.75) is 12.5 Å². The average Bonchev–Trinajstić information content (AvgIpc) is 2.92. The second kappa shape index (κ2) is 6.98. The molecule has 0 saturated carbocycles. The minimum absolute atomic E-state index is 0.341. The number of aliphatic hydroxyl groups excluding tert-OH is 1. The van der Waals surface area contributed by atoms with E-state index in [2.05, 4.69) is 10.6 Å². The standard InChI is InChI=1S/C14H15ClN2O3/c15-11-2-1-3-12(8-11)17-14(19)16-6-4-13(18)10-5-7-20-9-10/h1-3,5,7-9,13,18H,4,6H2,(H2,16,17,19)/t13-/m0/s1. The maximum Gasteiger partial charge on any atom is 0.319 e. The molecule has 0 spiro atoms. The zero-order valence-electron chi connectivity index (χ0n) is 10.7. The molecule has 5 nitrogen and oxygen atoms in total. The lowest BCUT2D eigenvalue weighted by atomic mass is 10.1. The van der Waals surface area contributed by atoms with Gasteiger partial charge < -0.3 is 20.2 Å². The number of furan rings is 1. The fourth-order valence-electron chi connectivity index (χ4n) is 1.70. The Morgan fingerprint density at radius 2 is 2.25 bits per heavy atom. The molecule has 0 fully saturated rings. The molecule has 2 rings (SSSR count). The zero-order chi connectivity index (χ0) is 14.4. The molecule has 6 heteroatoms. The third-order valence-electron chi connectivity index (χ3n) is 2.71. The third kappa shape index (κ3) is 4.29. The Morgan fingerprint density at radius 3 is 2.95 bits per heavy atom. The van der Waals surface area contributed by atoms with E-state index >= 15 is 0 Å². The minimum Gasteiger partial charge on any atom is -0.472 e. The van der Waals surface area contributed by atoms with Crippen molar-refractivity contribution >= 4 is 23.3 Å². The molecule has 0 aliphatic rings. The van der Waals surface area contributed by atoms with E-state index in [-0.39, 0.29) is 6.03 Å². The molecule has 1 aromatic heterocycles. The lowest BCUT2D eigenvalue weighted by molar-refractivity contribution is 0.166. The Morgan fingerprint density at radius 1 is 1.40 bits per heavy atom. The molecule has 0 bridgehead atoms. The van der Waals surface area contributed by atoms with Gasteiger partial charge in [0.05, 0.1) is 18.6 Å². The second-order valence-corrected chi connectivity index (χ2v) is 4.69. The van der Waals surface area contributed by atoms with Gasteiger partial charge in [-0.3, -0.25) is 0 Å². The van der Waals surface area contributed by atoms with Crippen LogP contribution in [-0.2, 0) is 0 Å². The van der Waals surface area contributed by atoms with Gasteiger partial charge in [-0.05, 0) is 30.7 Å². The number of amides is 2. The number of aliphatic hydroxyl groups is 1. The van der Waals surface area contributed by atoms with Gasteiger partial charge in [-0.25, -0.2) is 4.79 Å². The fraction of sp³-hybridized carbons (Fsp3) is 0.214. The highest BCUT2D eigenvalue weighted by molar-refractivity contribution is 6.30. The number of nitrogens with one attached hydrogen (secondary N) is 2. The Hall–Kier alpha value is -1.98. The van der Waals surface area contributed by atoms with Gasteiger partial charge in [0.25, 0.3) is 0 Å². The Labute approximate surface area is 121 Å². The van der Waals surface area contributed by atoms with Gasteiger partial charge in [-0.15, -0.1) is 0 Å². The van der Waals surface area contributed by atoms with E-state index < -0.39 is 6.10 Å². The van der Waals surface area contributed by atoms with Gasteiger partial charge in [0, 0.05) is 22.8 Å². The van der Waals surface area contributed by atoms with Crippen molar-refractivity contribution < 1.29 is 14.3 Å². The van der Waals surface area contributed by atoms with Crippen molar-refractivity contribution in [2.75, 3.05) is 11.9 Å². The van der Waals surface area contributed by atoms with E-state index in [0.717, 1.165) is 0 Å². The Balaban J connectivity index is 1.73. The summed E-state index contributed by atoms with van der Waals surface area (Å²) >= 11 is 5.82. The second-order valence-electron chi connectivity index (χ2n) is 4.25. The van der Waals surface area contributed by atoms with Gasteiger partial charge in [0.2, 0.25) is 0 Å². The van der Waals surface area contributed by atoms with E-state index in [9.17, 15) is 9.90 Å². The van der Waals surface area contributed by atoms with Crippen molar-refractivity contribution in [1.82, 2.24) is 5.32 Å². The zero-order valence-corrected chi connectivity index (χ0v) is 11.4. The first kappa shape index (κ1) is 14.4. The summed E-state index contributed by atoms with van der Waals surface area (Å²) in [5, 5.41) is 15.7. The SMILES string of the molecule is O=C(NCC[C@H](O)c1ccoc1)Nc1cccc(Cl)c1. The number of halogens is 1. The third-order valence-corrected chi connectivity index (χ3v) is 2.95. The van der Waals surface area contributed by atoms with E-state index in [1.807, 2.05) is 0 Å². The number of carbonyl (C=O) groups excluding carboxylic acids is 1. The molecular formula is C14H15ClN2O3. The summed E-state index contributed by atoms with van der Waals surface area (Å²) in [6, 6.07) is 8.22. The van der Waals surface area contributed by atoms with Crippen LogP contribution in [0.25, 0.3) is 0 Å². The molecule has 2 amide bonds. The van der Waals surface area contributed by atoms with Gasteiger partial charge in [0.15, 0.2) is 0 Å². The van der Waals surface area contributed by atoms with Crippen LogP contribution in [0.2, 0.25) is 5.02 Å². The van der Waals surface area contributed by atoms with Gasteiger partial charge in [0.1, 0.15) is 0 Å². The summed E-state index contributed by atoms with van der Waals surface area (Å²) in [5.41, 5.74) is 1.31. The molecule has 106 valence electrons. The quantitative estimate of drug-likeness (QED) is 0.793. The average molecular weight is 295 g/mol. The van der Waals surface area contributed by atoms with Crippen molar-refractivity contribution in [1.29, 1.82) is 0 Å². The number of anilines is 1. The first-order valence-electron chi connectivity index (χ1n) is 6.16. The summed E-state index contributed by atoms with van der Waals surface area (Å²) in [4.78, 5) is 11.6. The number of carbonyl (C=O) groups is 1. The molecule has 0 saturated heterocycles. The summed E-state index contributed by atoms with van der Waals surface area (Å²) in [6.45, 7) is 0.346. The molecule has 1 aromatic carbocycles. The number of benzene rings is 1. The molecule has 0 unspecified atom stereocenters. The van der Waals surface area contributed by atoms with Crippen LogP contribution < -0.4 is 10.6 Å². The number of rotatable bonds is 5. The number of hydrogen-bond acceptors (Lipinski definition) is 3. The molecule has 2 aromatic rings. The van der Waals surface area contributed by atoms with Crippen LogP contribution in [-0.4, -0.2) is 17.7 Å². The topological polar surface area (TPSA) is 74.5 Å². The highest BCUT2D eigenvalue weighted by Crippen LogP contribution is 2.16. The molecule has 0 aliphatic carbocycles. The van der Waals surface area contributed by atoms with Crippen molar-refractivity contribution in [2.24, 2.45) is 0 Å². The molecule has 1 atom stereocenters. The van der Waals surface area contributed by atoms with Crippen LogP contribution in [0.1, 0.15) is 18.1 Å². The lowest BCUT2D eigenvalue weighted by Gasteiger charge is -2.10. The highest BCUT2D eigenvalue weighted by atomic mass is 35.5. The van der Waals surface area contributed by atoms with E-state index in [1.54, 1.807) is 30.3 Å². The maximum absolute atomic E-state index is 11.6. The molecule has 0 radical (unpaired) electrons. The first-order valence-corrected chi connectivity index (χ1v) is 6.53. The van der Waals surface area contributed by atoms with Crippen LogP contribution >= 0.6 is 11.6 Å². The molecule has 20 heavy (non-hydrogen) atoms. The molecular weight excluding hydrogens is 280 g/mol.